The predicted octanol–water partition coefficient (Wildman–Crippen LogP) is 4.64. The highest BCUT2D eigenvalue weighted by Crippen LogP contribution is 2.29. The SMILES string of the molecule is COc1cccc(CC(O)c2ccc(Br)c(Br)c2)c1F. The van der Waals surface area contributed by atoms with Gasteiger partial charge >= 0.3 is 0 Å². The predicted molar refractivity (Wildman–Crippen MR) is 83.5 cm³/mol. The maximum absolute atomic E-state index is 14.0. The van der Waals surface area contributed by atoms with Crippen LogP contribution in [0.1, 0.15) is 17.2 Å². The Balaban J connectivity index is 2.23. The lowest BCUT2D eigenvalue weighted by molar-refractivity contribution is 0.176. The van der Waals surface area contributed by atoms with Crippen LogP contribution in [0, 0.1) is 5.82 Å². The highest BCUT2D eigenvalue weighted by Gasteiger charge is 2.15. The van der Waals surface area contributed by atoms with Crippen LogP contribution >= 0.6 is 31.9 Å². The molecule has 0 fully saturated rings. The second kappa shape index (κ2) is 6.70. The Hall–Kier alpha value is -0.910. The molecule has 0 aliphatic rings. The van der Waals surface area contributed by atoms with Gasteiger partial charge in [0, 0.05) is 15.4 Å². The topological polar surface area (TPSA) is 29.5 Å². The standard InChI is InChI=1S/C15H13Br2FO2/c1-20-14-4-2-3-10(15(14)18)8-13(19)9-5-6-11(16)12(17)7-9/h2-7,13,19H,8H2,1H3. The Kier molecular flexibility index (Phi) is 5.18. The van der Waals surface area contributed by atoms with Gasteiger partial charge in [0.05, 0.1) is 13.2 Å². The first-order valence-corrected chi connectivity index (χ1v) is 7.56. The van der Waals surface area contributed by atoms with E-state index in [2.05, 4.69) is 31.9 Å². The molecule has 1 N–H and O–H groups in total. The molecule has 2 rings (SSSR count). The molecule has 0 saturated carbocycles. The molecule has 0 radical (unpaired) electrons. The highest BCUT2D eigenvalue weighted by molar-refractivity contribution is 9.13. The van der Waals surface area contributed by atoms with Gasteiger partial charge in [-0.3, -0.25) is 0 Å². The van der Waals surface area contributed by atoms with Gasteiger partial charge in [-0.2, -0.15) is 0 Å². The van der Waals surface area contributed by atoms with Crippen LogP contribution in [0.3, 0.4) is 0 Å². The van der Waals surface area contributed by atoms with Gasteiger partial charge in [0.25, 0.3) is 0 Å². The molecule has 2 aromatic rings. The van der Waals surface area contributed by atoms with Gasteiger partial charge < -0.3 is 9.84 Å². The lowest BCUT2D eigenvalue weighted by atomic mass is 10.0. The van der Waals surface area contributed by atoms with Crippen molar-refractivity contribution < 1.29 is 14.2 Å². The van der Waals surface area contributed by atoms with Crippen molar-refractivity contribution >= 4 is 31.9 Å². The smallest absolute Gasteiger partial charge is 0.168 e. The minimum Gasteiger partial charge on any atom is -0.494 e. The molecule has 20 heavy (non-hydrogen) atoms. The van der Waals surface area contributed by atoms with Crippen LogP contribution in [0.5, 0.6) is 5.75 Å². The van der Waals surface area contributed by atoms with Crippen LogP contribution < -0.4 is 4.74 Å². The lowest BCUT2D eigenvalue weighted by Gasteiger charge is -2.13. The quantitative estimate of drug-likeness (QED) is 0.805. The molecular formula is C15H13Br2FO2. The third-order valence-electron chi connectivity index (χ3n) is 3.00. The summed E-state index contributed by atoms with van der Waals surface area (Å²) in [4.78, 5) is 0. The first-order valence-electron chi connectivity index (χ1n) is 5.97. The molecule has 0 aliphatic heterocycles. The number of benzene rings is 2. The third-order valence-corrected chi connectivity index (χ3v) is 4.88. The fraction of sp³-hybridized carbons (Fsp3) is 0.200. The van der Waals surface area contributed by atoms with Crippen LogP contribution in [0.25, 0.3) is 0 Å². The van der Waals surface area contributed by atoms with Crippen molar-refractivity contribution in [1.82, 2.24) is 0 Å². The molecule has 1 atom stereocenters. The summed E-state index contributed by atoms with van der Waals surface area (Å²) in [6.45, 7) is 0. The van der Waals surface area contributed by atoms with Crippen molar-refractivity contribution in [3.8, 4) is 5.75 Å². The summed E-state index contributed by atoms with van der Waals surface area (Å²) in [5.41, 5.74) is 1.15. The largest absolute Gasteiger partial charge is 0.494 e. The maximum atomic E-state index is 14.0. The van der Waals surface area contributed by atoms with Crippen molar-refractivity contribution in [2.45, 2.75) is 12.5 Å². The Morgan fingerprint density at radius 2 is 1.95 bits per heavy atom. The van der Waals surface area contributed by atoms with Crippen molar-refractivity contribution in [2.24, 2.45) is 0 Å². The highest BCUT2D eigenvalue weighted by atomic mass is 79.9. The fourth-order valence-electron chi connectivity index (χ4n) is 1.92. The second-order valence-electron chi connectivity index (χ2n) is 4.33. The summed E-state index contributed by atoms with van der Waals surface area (Å²) >= 11 is 6.76. The number of aliphatic hydroxyl groups is 1. The van der Waals surface area contributed by atoms with Gasteiger partial charge in [-0.15, -0.1) is 0 Å². The number of hydrogen-bond acceptors (Lipinski definition) is 2. The number of methoxy groups -OCH3 is 1. The Morgan fingerprint density at radius 3 is 2.60 bits per heavy atom. The average molecular weight is 404 g/mol. The molecule has 0 amide bonds. The van der Waals surface area contributed by atoms with Gasteiger partial charge in [-0.25, -0.2) is 4.39 Å². The normalized spacial score (nSPS) is 12.2. The molecular weight excluding hydrogens is 391 g/mol. The van der Waals surface area contributed by atoms with Crippen LogP contribution in [0.4, 0.5) is 4.39 Å². The van der Waals surface area contributed by atoms with Gasteiger partial charge in [-0.05, 0) is 61.2 Å². The zero-order chi connectivity index (χ0) is 14.7. The van der Waals surface area contributed by atoms with E-state index < -0.39 is 11.9 Å². The fourth-order valence-corrected chi connectivity index (χ4v) is 2.56. The van der Waals surface area contributed by atoms with E-state index in [1.807, 2.05) is 12.1 Å². The summed E-state index contributed by atoms with van der Waals surface area (Å²) < 4.78 is 20.7. The van der Waals surface area contributed by atoms with Crippen molar-refractivity contribution in [2.75, 3.05) is 7.11 Å². The molecule has 0 bridgehead atoms. The molecule has 5 heteroatoms. The second-order valence-corrected chi connectivity index (χ2v) is 6.04. The summed E-state index contributed by atoms with van der Waals surface area (Å²) in [7, 11) is 1.42. The maximum Gasteiger partial charge on any atom is 0.168 e. The molecule has 0 saturated heterocycles. The van der Waals surface area contributed by atoms with Crippen molar-refractivity contribution in [3.63, 3.8) is 0 Å². The first-order chi connectivity index (χ1) is 9.52. The van der Waals surface area contributed by atoms with Crippen LogP contribution in [-0.4, -0.2) is 12.2 Å². The molecule has 0 spiro atoms. The number of aliphatic hydroxyl groups excluding tert-OH is 1. The number of halogens is 3. The molecule has 0 aliphatic carbocycles. The van der Waals surface area contributed by atoms with E-state index in [-0.39, 0.29) is 12.2 Å². The third kappa shape index (κ3) is 3.40. The zero-order valence-corrected chi connectivity index (χ0v) is 13.9. The van der Waals surface area contributed by atoms with E-state index in [1.54, 1.807) is 24.3 Å². The Labute approximate surface area is 133 Å². The van der Waals surface area contributed by atoms with Gasteiger partial charge in [0.1, 0.15) is 0 Å². The minimum atomic E-state index is -0.777. The van der Waals surface area contributed by atoms with Gasteiger partial charge in [0.2, 0.25) is 0 Å². The lowest BCUT2D eigenvalue weighted by Crippen LogP contribution is -2.04. The zero-order valence-electron chi connectivity index (χ0n) is 10.7. The summed E-state index contributed by atoms with van der Waals surface area (Å²) in [6, 6.07) is 10.4. The van der Waals surface area contributed by atoms with Gasteiger partial charge in [-0.1, -0.05) is 18.2 Å². The van der Waals surface area contributed by atoms with E-state index in [4.69, 9.17) is 4.74 Å². The molecule has 2 aromatic carbocycles. The van der Waals surface area contributed by atoms with Gasteiger partial charge in [0.15, 0.2) is 11.6 Å². The van der Waals surface area contributed by atoms with E-state index in [0.717, 1.165) is 14.5 Å². The molecule has 0 heterocycles. The molecule has 106 valence electrons. The first kappa shape index (κ1) is 15.5. The summed E-state index contributed by atoms with van der Waals surface area (Å²) in [6.07, 6.45) is -0.585. The number of rotatable bonds is 4. The molecule has 2 nitrogen and oxygen atoms in total. The van der Waals surface area contributed by atoms with E-state index in [9.17, 15) is 9.50 Å². The number of hydrogen-bond donors (Lipinski definition) is 1. The minimum absolute atomic E-state index is 0.187. The van der Waals surface area contributed by atoms with Crippen molar-refractivity contribution in [3.05, 3.63) is 62.3 Å². The van der Waals surface area contributed by atoms with E-state index >= 15 is 0 Å². The van der Waals surface area contributed by atoms with Crippen LogP contribution in [0.15, 0.2) is 45.3 Å². The van der Waals surface area contributed by atoms with Crippen LogP contribution in [0.2, 0.25) is 0 Å². The Morgan fingerprint density at radius 1 is 1.20 bits per heavy atom. The average Bonchev–Trinajstić information content (AvgIpc) is 2.44. The van der Waals surface area contributed by atoms with E-state index in [0.29, 0.717) is 5.56 Å². The van der Waals surface area contributed by atoms with Crippen molar-refractivity contribution in [1.29, 1.82) is 0 Å². The van der Waals surface area contributed by atoms with Crippen LogP contribution in [-0.2, 0) is 6.42 Å². The molecule has 0 aromatic heterocycles. The monoisotopic (exact) mass is 402 g/mol. The van der Waals surface area contributed by atoms with E-state index in [1.165, 1.54) is 7.11 Å². The summed E-state index contributed by atoms with van der Waals surface area (Å²) in [5, 5.41) is 10.2. The summed E-state index contributed by atoms with van der Waals surface area (Å²) in [5.74, 6) is -0.239. The molecule has 1 unspecified atom stereocenters. The number of ether oxygens (including phenoxy) is 1. The Bertz CT molecular complexity index is 617.